The molecule has 1 aromatic rings. The van der Waals surface area contributed by atoms with Gasteiger partial charge in [0.2, 0.25) is 0 Å². The first-order chi connectivity index (χ1) is 7.54. The van der Waals surface area contributed by atoms with Crippen LogP contribution in [0.4, 0.5) is 0 Å². The van der Waals surface area contributed by atoms with Crippen LogP contribution in [0.15, 0.2) is 22.7 Å². The maximum Gasteiger partial charge on any atom is 0.313 e. The molecular formula is C11H10BrClO3. The summed E-state index contributed by atoms with van der Waals surface area (Å²) in [5, 5.41) is 0.331. The Balaban J connectivity index is 2.80. The number of hydrogen-bond acceptors (Lipinski definition) is 3. The molecular weight excluding hydrogens is 295 g/mol. The highest BCUT2D eigenvalue weighted by molar-refractivity contribution is 9.10. The topological polar surface area (TPSA) is 43.4 Å². The molecule has 1 aromatic carbocycles. The van der Waals surface area contributed by atoms with Gasteiger partial charge in [-0.05, 0) is 25.1 Å². The zero-order valence-electron chi connectivity index (χ0n) is 8.63. The monoisotopic (exact) mass is 304 g/mol. The van der Waals surface area contributed by atoms with Gasteiger partial charge in [-0.25, -0.2) is 0 Å². The van der Waals surface area contributed by atoms with Crippen molar-refractivity contribution in [3.05, 3.63) is 33.3 Å². The van der Waals surface area contributed by atoms with E-state index in [9.17, 15) is 9.59 Å². The highest BCUT2D eigenvalue weighted by Crippen LogP contribution is 2.22. The van der Waals surface area contributed by atoms with Crippen molar-refractivity contribution in [2.75, 3.05) is 6.61 Å². The van der Waals surface area contributed by atoms with Gasteiger partial charge in [-0.2, -0.15) is 0 Å². The lowest BCUT2D eigenvalue weighted by Crippen LogP contribution is -2.11. The summed E-state index contributed by atoms with van der Waals surface area (Å²) in [4.78, 5) is 22.8. The molecule has 3 nitrogen and oxygen atoms in total. The molecule has 0 amide bonds. The van der Waals surface area contributed by atoms with Crippen molar-refractivity contribution < 1.29 is 14.3 Å². The average Bonchev–Trinajstić information content (AvgIpc) is 2.21. The number of ether oxygens (including phenoxy) is 1. The van der Waals surface area contributed by atoms with E-state index >= 15 is 0 Å². The Kier molecular flexibility index (Phi) is 4.96. The number of carbonyl (C=O) groups is 2. The smallest absolute Gasteiger partial charge is 0.313 e. The van der Waals surface area contributed by atoms with Gasteiger partial charge in [-0.1, -0.05) is 27.5 Å². The van der Waals surface area contributed by atoms with E-state index in [0.29, 0.717) is 10.6 Å². The van der Waals surface area contributed by atoms with Crippen LogP contribution in [0, 0.1) is 0 Å². The Hall–Kier alpha value is -0.870. The molecule has 0 radical (unpaired) electrons. The maximum atomic E-state index is 11.7. The predicted octanol–water partition coefficient (Wildman–Crippen LogP) is 3.24. The number of carbonyl (C=O) groups excluding carboxylic acids is 2. The Labute approximate surface area is 107 Å². The Morgan fingerprint density at radius 2 is 2.12 bits per heavy atom. The lowest BCUT2D eigenvalue weighted by Gasteiger charge is -2.04. The molecule has 0 saturated heterocycles. The van der Waals surface area contributed by atoms with Gasteiger partial charge in [0.25, 0.3) is 0 Å². The predicted molar refractivity (Wildman–Crippen MR) is 64.7 cm³/mol. The van der Waals surface area contributed by atoms with Gasteiger partial charge < -0.3 is 4.74 Å². The largest absolute Gasteiger partial charge is 0.466 e. The maximum absolute atomic E-state index is 11.7. The lowest BCUT2D eigenvalue weighted by molar-refractivity contribution is -0.141. The molecule has 0 aliphatic rings. The summed E-state index contributed by atoms with van der Waals surface area (Å²) in [5.41, 5.74) is 0.323. The third-order valence-electron chi connectivity index (χ3n) is 1.84. The van der Waals surface area contributed by atoms with E-state index in [4.69, 9.17) is 11.6 Å². The number of hydrogen-bond donors (Lipinski definition) is 0. The van der Waals surface area contributed by atoms with Gasteiger partial charge in [0, 0.05) is 10.0 Å². The first kappa shape index (κ1) is 13.2. The van der Waals surface area contributed by atoms with Gasteiger partial charge in [-0.3, -0.25) is 9.59 Å². The van der Waals surface area contributed by atoms with Crippen LogP contribution in [0.3, 0.4) is 0 Å². The molecule has 0 heterocycles. The molecule has 5 heteroatoms. The molecule has 0 aromatic heterocycles. The van der Waals surface area contributed by atoms with Crippen molar-refractivity contribution >= 4 is 39.3 Å². The van der Waals surface area contributed by atoms with Crippen LogP contribution >= 0.6 is 27.5 Å². The van der Waals surface area contributed by atoms with Gasteiger partial charge in [0.15, 0.2) is 5.78 Å². The molecule has 0 bridgehead atoms. The number of halogens is 2. The van der Waals surface area contributed by atoms with E-state index in [1.165, 1.54) is 0 Å². The van der Waals surface area contributed by atoms with Crippen molar-refractivity contribution in [3.8, 4) is 0 Å². The van der Waals surface area contributed by atoms with E-state index in [0.717, 1.165) is 4.47 Å². The molecule has 0 aliphatic heterocycles. The Morgan fingerprint density at radius 1 is 1.44 bits per heavy atom. The molecule has 0 N–H and O–H groups in total. The minimum atomic E-state index is -0.538. The number of Topliss-reactive ketones (excluding diaryl/α,β-unsaturated/α-hetero) is 1. The number of rotatable bonds is 4. The minimum Gasteiger partial charge on any atom is -0.466 e. The standard InChI is InChI=1S/C11H10BrClO3/c1-2-16-11(15)6-10(14)8-5-7(12)3-4-9(8)13/h3-5H,2,6H2,1H3. The second kappa shape index (κ2) is 6.01. The van der Waals surface area contributed by atoms with Crippen molar-refractivity contribution in [2.45, 2.75) is 13.3 Å². The van der Waals surface area contributed by atoms with Crippen LogP contribution in [0.25, 0.3) is 0 Å². The van der Waals surface area contributed by atoms with Crippen LogP contribution in [0.5, 0.6) is 0 Å². The third-order valence-corrected chi connectivity index (χ3v) is 2.66. The molecule has 0 unspecified atom stereocenters. The van der Waals surface area contributed by atoms with Crippen LogP contribution in [-0.4, -0.2) is 18.4 Å². The fraction of sp³-hybridized carbons (Fsp3) is 0.273. The number of esters is 1. The van der Waals surface area contributed by atoms with Crippen LogP contribution < -0.4 is 0 Å². The Bertz CT molecular complexity index is 418. The van der Waals surface area contributed by atoms with E-state index < -0.39 is 5.97 Å². The molecule has 0 fully saturated rings. The fourth-order valence-electron chi connectivity index (χ4n) is 1.15. The second-order valence-corrected chi connectivity index (χ2v) is 4.35. The molecule has 16 heavy (non-hydrogen) atoms. The first-order valence-electron chi connectivity index (χ1n) is 4.68. The summed E-state index contributed by atoms with van der Waals surface area (Å²) >= 11 is 9.09. The van der Waals surface area contributed by atoms with E-state index in [-0.39, 0.29) is 18.8 Å². The molecule has 0 spiro atoms. The average molecular weight is 306 g/mol. The summed E-state index contributed by atoms with van der Waals surface area (Å²) in [6, 6.07) is 4.91. The van der Waals surface area contributed by atoms with Gasteiger partial charge in [0.05, 0.1) is 11.6 Å². The zero-order chi connectivity index (χ0) is 12.1. The second-order valence-electron chi connectivity index (χ2n) is 3.03. The summed E-state index contributed by atoms with van der Waals surface area (Å²) in [6.07, 6.45) is -0.288. The van der Waals surface area contributed by atoms with Gasteiger partial charge in [-0.15, -0.1) is 0 Å². The van der Waals surface area contributed by atoms with Crippen molar-refractivity contribution in [2.24, 2.45) is 0 Å². The summed E-state index contributed by atoms with van der Waals surface area (Å²) < 4.78 is 5.43. The minimum absolute atomic E-state index is 0.262. The van der Waals surface area contributed by atoms with Crippen molar-refractivity contribution in [3.63, 3.8) is 0 Å². The third kappa shape index (κ3) is 3.61. The van der Waals surface area contributed by atoms with Crippen LogP contribution in [0.2, 0.25) is 5.02 Å². The molecule has 0 saturated carbocycles. The van der Waals surface area contributed by atoms with Gasteiger partial charge in [0.1, 0.15) is 6.42 Å². The highest BCUT2D eigenvalue weighted by atomic mass is 79.9. The van der Waals surface area contributed by atoms with Crippen LogP contribution in [-0.2, 0) is 9.53 Å². The van der Waals surface area contributed by atoms with E-state index in [2.05, 4.69) is 20.7 Å². The van der Waals surface area contributed by atoms with Crippen molar-refractivity contribution in [1.29, 1.82) is 0 Å². The SMILES string of the molecule is CCOC(=O)CC(=O)c1cc(Br)ccc1Cl. The lowest BCUT2D eigenvalue weighted by atomic mass is 10.1. The molecule has 86 valence electrons. The van der Waals surface area contributed by atoms with Crippen LogP contribution in [0.1, 0.15) is 23.7 Å². The fourth-order valence-corrected chi connectivity index (χ4v) is 1.73. The van der Waals surface area contributed by atoms with Gasteiger partial charge >= 0.3 is 5.97 Å². The quantitative estimate of drug-likeness (QED) is 0.487. The first-order valence-corrected chi connectivity index (χ1v) is 5.85. The van der Waals surface area contributed by atoms with E-state index in [1.807, 2.05) is 0 Å². The molecule has 1 rings (SSSR count). The summed E-state index contributed by atoms with van der Waals surface area (Å²) in [7, 11) is 0. The number of benzene rings is 1. The summed E-state index contributed by atoms with van der Waals surface area (Å²) in [6.45, 7) is 1.95. The molecule has 0 atom stereocenters. The van der Waals surface area contributed by atoms with E-state index in [1.54, 1.807) is 25.1 Å². The normalized spacial score (nSPS) is 9.94. The summed E-state index contributed by atoms with van der Waals surface area (Å²) in [5.74, 6) is -0.881. The zero-order valence-corrected chi connectivity index (χ0v) is 11.0. The Morgan fingerprint density at radius 3 is 2.75 bits per heavy atom. The molecule has 0 aliphatic carbocycles. The highest BCUT2D eigenvalue weighted by Gasteiger charge is 2.15. The van der Waals surface area contributed by atoms with Crippen molar-refractivity contribution in [1.82, 2.24) is 0 Å². The number of ketones is 1.